The third-order valence-electron chi connectivity index (χ3n) is 4.52. The zero-order valence-corrected chi connectivity index (χ0v) is 18.1. The fraction of sp³-hybridized carbons (Fsp3) is 0.0476. The summed E-state index contributed by atoms with van der Waals surface area (Å²) in [5.41, 5.74) is 2.17. The van der Waals surface area contributed by atoms with Gasteiger partial charge in [0, 0.05) is 29.0 Å². The lowest BCUT2D eigenvalue weighted by Gasteiger charge is -2.11. The van der Waals surface area contributed by atoms with E-state index in [1.165, 1.54) is 36.0 Å². The molecule has 0 aliphatic carbocycles. The molecule has 11 heteroatoms. The van der Waals surface area contributed by atoms with E-state index in [2.05, 4.69) is 15.3 Å². The van der Waals surface area contributed by atoms with Gasteiger partial charge in [0.2, 0.25) is 10.0 Å². The zero-order valence-electron chi connectivity index (χ0n) is 16.5. The summed E-state index contributed by atoms with van der Waals surface area (Å²) in [7, 11) is -3.84. The van der Waals surface area contributed by atoms with Crippen LogP contribution in [0.15, 0.2) is 82.8 Å². The summed E-state index contributed by atoms with van der Waals surface area (Å²) in [6.45, 7) is 0. The molecule has 0 saturated heterocycles. The number of non-ortho nitro benzene ring substituents is 1. The number of nitrogens with two attached hydrogens (primary N) is 1. The summed E-state index contributed by atoms with van der Waals surface area (Å²) >= 11 is 1.39. The zero-order chi connectivity index (χ0) is 22.7. The van der Waals surface area contributed by atoms with Crippen molar-refractivity contribution in [2.45, 2.75) is 15.8 Å². The largest absolute Gasteiger partial charge is 0.340 e. The van der Waals surface area contributed by atoms with Gasteiger partial charge in [-0.05, 0) is 35.9 Å². The predicted octanol–water partition coefficient (Wildman–Crippen LogP) is 4.22. The van der Waals surface area contributed by atoms with Crippen molar-refractivity contribution in [3.8, 4) is 0 Å². The number of para-hydroxylation sites is 1. The minimum Gasteiger partial charge on any atom is -0.340 e. The van der Waals surface area contributed by atoms with Crippen LogP contribution < -0.4 is 10.5 Å². The number of sulfonamides is 1. The Morgan fingerprint density at radius 2 is 1.75 bits per heavy atom. The van der Waals surface area contributed by atoms with Crippen molar-refractivity contribution >= 4 is 49.9 Å². The second-order valence-electron chi connectivity index (χ2n) is 6.78. The Morgan fingerprint density at radius 1 is 1.00 bits per heavy atom. The van der Waals surface area contributed by atoms with Crippen LogP contribution in [0.1, 0.15) is 5.56 Å². The minimum absolute atomic E-state index is 0.00590. The van der Waals surface area contributed by atoms with Crippen molar-refractivity contribution in [3.63, 3.8) is 0 Å². The van der Waals surface area contributed by atoms with Gasteiger partial charge in [-0.2, -0.15) is 0 Å². The molecule has 4 aromatic rings. The van der Waals surface area contributed by atoms with Crippen LogP contribution in [-0.4, -0.2) is 23.3 Å². The second kappa shape index (κ2) is 8.91. The molecule has 1 aromatic heterocycles. The number of nitro benzene ring substituents is 1. The highest BCUT2D eigenvalue weighted by Gasteiger charge is 2.12. The van der Waals surface area contributed by atoms with Crippen LogP contribution in [0, 0.1) is 10.1 Å². The van der Waals surface area contributed by atoms with Crippen molar-refractivity contribution in [2.75, 3.05) is 5.32 Å². The Kier molecular flexibility index (Phi) is 6.04. The molecule has 0 unspecified atom stereocenters. The standard InChI is InChI=1S/C21H17N5O4S2/c22-32(29,30)17-5-3-4-15(12-17)23-20-18-6-1-2-7-19(18)24-21(25-20)31-13-14-8-10-16(11-9-14)26(27)28/h1-12H,13H2,(H2,22,29,30)(H,23,24,25). The number of nitrogens with zero attached hydrogens (tertiary/aromatic N) is 3. The van der Waals surface area contributed by atoms with Crippen molar-refractivity contribution in [1.82, 2.24) is 9.97 Å². The van der Waals surface area contributed by atoms with E-state index in [-0.39, 0.29) is 10.6 Å². The molecule has 32 heavy (non-hydrogen) atoms. The highest BCUT2D eigenvalue weighted by Crippen LogP contribution is 2.29. The number of nitrogens with one attached hydrogen (secondary N) is 1. The van der Waals surface area contributed by atoms with Crippen molar-refractivity contribution in [3.05, 3.63) is 88.5 Å². The molecule has 0 saturated carbocycles. The number of anilines is 2. The molecule has 3 N–H and O–H groups in total. The fourth-order valence-corrected chi connectivity index (χ4v) is 4.33. The molecule has 3 aromatic carbocycles. The number of hydrogen-bond donors (Lipinski definition) is 2. The molecule has 1 heterocycles. The maximum Gasteiger partial charge on any atom is 0.269 e. The van der Waals surface area contributed by atoms with Crippen LogP contribution in [0.25, 0.3) is 10.9 Å². The van der Waals surface area contributed by atoms with Crippen LogP contribution in [0.3, 0.4) is 0 Å². The number of primary sulfonamides is 1. The van der Waals surface area contributed by atoms with E-state index < -0.39 is 14.9 Å². The Labute approximate surface area is 187 Å². The van der Waals surface area contributed by atoms with Crippen molar-refractivity contribution in [1.29, 1.82) is 0 Å². The molecule has 9 nitrogen and oxygen atoms in total. The molecular weight excluding hydrogens is 450 g/mol. The minimum atomic E-state index is -3.84. The van der Waals surface area contributed by atoms with Gasteiger partial charge in [0.1, 0.15) is 5.82 Å². The molecule has 0 bridgehead atoms. The number of benzene rings is 3. The smallest absolute Gasteiger partial charge is 0.269 e. The Hall–Kier alpha value is -3.54. The topological polar surface area (TPSA) is 141 Å². The van der Waals surface area contributed by atoms with Crippen LogP contribution >= 0.6 is 11.8 Å². The monoisotopic (exact) mass is 467 g/mol. The second-order valence-corrected chi connectivity index (χ2v) is 9.29. The van der Waals surface area contributed by atoms with Gasteiger partial charge >= 0.3 is 0 Å². The van der Waals surface area contributed by atoms with Gasteiger partial charge in [0.05, 0.1) is 15.3 Å². The van der Waals surface area contributed by atoms with Gasteiger partial charge in [-0.15, -0.1) is 0 Å². The van der Waals surface area contributed by atoms with Crippen molar-refractivity contribution in [2.24, 2.45) is 5.14 Å². The average Bonchev–Trinajstić information content (AvgIpc) is 2.77. The normalized spacial score (nSPS) is 11.4. The molecule has 0 amide bonds. The third kappa shape index (κ3) is 5.02. The molecule has 0 radical (unpaired) electrons. The summed E-state index contributed by atoms with van der Waals surface area (Å²) in [4.78, 5) is 19.6. The Morgan fingerprint density at radius 3 is 2.47 bits per heavy atom. The van der Waals surface area contributed by atoms with E-state index >= 15 is 0 Å². The summed E-state index contributed by atoms with van der Waals surface area (Å²) in [6.07, 6.45) is 0. The number of fused-ring (bicyclic) bond motifs is 1. The molecule has 0 atom stereocenters. The van der Waals surface area contributed by atoms with E-state index in [0.717, 1.165) is 16.5 Å². The van der Waals surface area contributed by atoms with Crippen LogP contribution in [-0.2, 0) is 15.8 Å². The lowest BCUT2D eigenvalue weighted by molar-refractivity contribution is -0.384. The molecule has 0 aliphatic heterocycles. The van der Waals surface area contributed by atoms with Crippen LogP contribution in [0.5, 0.6) is 0 Å². The van der Waals surface area contributed by atoms with E-state index in [9.17, 15) is 18.5 Å². The SMILES string of the molecule is NS(=O)(=O)c1cccc(Nc2nc(SCc3ccc([N+](=O)[O-])cc3)nc3ccccc23)c1. The highest BCUT2D eigenvalue weighted by molar-refractivity contribution is 7.98. The fourth-order valence-electron chi connectivity index (χ4n) is 2.96. The van der Waals surface area contributed by atoms with E-state index in [1.54, 1.807) is 24.3 Å². The van der Waals surface area contributed by atoms with Gasteiger partial charge in [-0.1, -0.05) is 42.1 Å². The van der Waals surface area contributed by atoms with Gasteiger partial charge in [0.25, 0.3) is 5.69 Å². The van der Waals surface area contributed by atoms with E-state index in [4.69, 9.17) is 5.14 Å². The number of thioether (sulfide) groups is 1. The Balaban J connectivity index is 1.62. The first-order valence-electron chi connectivity index (χ1n) is 9.32. The molecule has 4 rings (SSSR count). The number of aromatic nitrogens is 2. The number of hydrogen-bond acceptors (Lipinski definition) is 8. The molecule has 0 aliphatic rings. The lowest BCUT2D eigenvalue weighted by Crippen LogP contribution is -2.12. The van der Waals surface area contributed by atoms with E-state index in [1.807, 2.05) is 24.3 Å². The predicted molar refractivity (Wildman–Crippen MR) is 123 cm³/mol. The average molecular weight is 468 g/mol. The number of nitro groups is 1. The summed E-state index contributed by atoms with van der Waals surface area (Å²) < 4.78 is 23.3. The maximum atomic E-state index is 11.7. The summed E-state index contributed by atoms with van der Waals surface area (Å²) in [5.74, 6) is 1.05. The molecule has 0 fully saturated rings. The van der Waals surface area contributed by atoms with Gasteiger partial charge in [-0.3, -0.25) is 10.1 Å². The van der Waals surface area contributed by atoms with Crippen LogP contribution in [0.2, 0.25) is 0 Å². The van der Waals surface area contributed by atoms with E-state index in [0.29, 0.717) is 22.4 Å². The van der Waals surface area contributed by atoms with Crippen molar-refractivity contribution < 1.29 is 13.3 Å². The quantitative estimate of drug-likeness (QED) is 0.178. The number of rotatable bonds is 7. The summed E-state index contributed by atoms with van der Waals surface area (Å²) in [6, 6.07) is 19.9. The maximum absolute atomic E-state index is 11.7. The van der Waals surface area contributed by atoms with Gasteiger partial charge in [-0.25, -0.2) is 23.5 Å². The first kappa shape index (κ1) is 21.7. The first-order valence-corrected chi connectivity index (χ1v) is 11.9. The Bertz CT molecular complexity index is 1410. The van der Waals surface area contributed by atoms with Crippen LogP contribution in [0.4, 0.5) is 17.2 Å². The van der Waals surface area contributed by atoms with Gasteiger partial charge in [0.15, 0.2) is 5.16 Å². The molecular formula is C21H17N5O4S2. The first-order chi connectivity index (χ1) is 15.3. The van der Waals surface area contributed by atoms with Gasteiger partial charge < -0.3 is 5.32 Å². The highest BCUT2D eigenvalue weighted by atomic mass is 32.2. The summed E-state index contributed by atoms with van der Waals surface area (Å²) in [5, 5.41) is 20.5. The lowest BCUT2D eigenvalue weighted by atomic mass is 10.2. The molecule has 0 spiro atoms. The molecule has 162 valence electrons. The third-order valence-corrected chi connectivity index (χ3v) is 6.35.